The number of unbranched alkanes of at least 4 members (excludes halogenated alkanes) is 3. The molecule has 0 heterocycles. The third kappa shape index (κ3) is 16.1. The lowest BCUT2D eigenvalue weighted by molar-refractivity contribution is -0.144. The molecule has 0 amide bonds. The molecular formula is C18H35NO6. The number of hydrogen-bond donors (Lipinski definition) is 2. The van der Waals surface area contributed by atoms with Crippen LogP contribution in [-0.4, -0.2) is 73.1 Å². The van der Waals surface area contributed by atoms with E-state index in [9.17, 15) is 9.59 Å². The molecule has 0 unspecified atom stereocenters. The first-order valence-corrected chi connectivity index (χ1v) is 9.39. The molecular weight excluding hydrogens is 326 g/mol. The lowest BCUT2D eigenvalue weighted by Gasteiger charge is -2.21. The van der Waals surface area contributed by atoms with Crippen LogP contribution in [0.4, 0.5) is 0 Å². The van der Waals surface area contributed by atoms with Crippen molar-refractivity contribution in [2.24, 2.45) is 0 Å². The number of hydrogen-bond acceptors (Lipinski definition) is 7. The van der Waals surface area contributed by atoms with Gasteiger partial charge in [0, 0.05) is 26.3 Å². The molecule has 25 heavy (non-hydrogen) atoms. The van der Waals surface area contributed by atoms with Gasteiger partial charge in [0.2, 0.25) is 0 Å². The maximum atomic E-state index is 11.7. The molecule has 0 bridgehead atoms. The SMILES string of the molecule is CCCCN(CCC(=O)OCCCCO)CCC(=O)OCCCCO. The van der Waals surface area contributed by atoms with Gasteiger partial charge in [-0.1, -0.05) is 13.3 Å². The summed E-state index contributed by atoms with van der Waals surface area (Å²) in [5.41, 5.74) is 0. The van der Waals surface area contributed by atoms with Crippen molar-refractivity contribution in [1.29, 1.82) is 0 Å². The highest BCUT2D eigenvalue weighted by atomic mass is 16.5. The fourth-order valence-electron chi connectivity index (χ4n) is 2.16. The molecule has 0 saturated heterocycles. The Balaban J connectivity index is 3.97. The van der Waals surface area contributed by atoms with E-state index >= 15 is 0 Å². The minimum atomic E-state index is -0.244. The number of aliphatic hydroxyl groups is 2. The summed E-state index contributed by atoms with van der Waals surface area (Å²) in [6.45, 7) is 4.97. The van der Waals surface area contributed by atoms with Gasteiger partial charge in [0.05, 0.1) is 26.1 Å². The molecule has 2 N–H and O–H groups in total. The van der Waals surface area contributed by atoms with E-state index in [-0.39, 0.29) is 25.2 Å². The molecule has 7 nitrogen and oxygen atoms in total. The van der Waals surface area contributed by atoms with Gasteiger partial charge >= 0.3 is 11.9 Å². The van der Waals surface area contributed by atoms with Crippen LogP contribution in [-0.2, 0) is 19.1 Å². The highest BCUT2D eigenvalue weighted by Gasteiger charge is 2.12. The number of ether oxygens (including phenoxy) is 2. The summed E-state index contributed by atoms with van der Waals surface area (Å²) in [7, 11) is 0. The molecule has 0 aromatic heterocycles. The number of carbonyl (C=O) groups excluding carboxylic acids is 2. The Kier molecular flexibility index (Phi) is 16.8. The first kappa shape index (κ1) is 23.8. The molecule has 0 saturated carbocycles. The monoisotopic (exact) mass is 361 g/mol. The first-order valence-electron chi connectivity index (χ1n) is 9.39. The number of carbonyl (C=O) groups is 2. The van der Waals surface area contributed by atoms with Crippen molar-refractivity contribution >= 4 is 11.9 Å². The molecule has 148 valence electrons. The van der Waals surface area contributed by atoms with Gasteiger partial charge < -0.3 is 24.6 Å². The van der Waals surface area contributed by atoms with E-state index < -0.39 is 0 Å². The maximum absolute atomic E-state index is 11.7. The van der Waals surface area contributed by atoms with Crippen LogP contribution in [0.3, 0.4) is 0 Å². The minimum absolute atomic E-state index is 0.110. The second-order valence-electron chi connectivity index (χ2n) is 6.00. The van der Waals surface area contributed by atoms with Gasteiger partial charge in [0.25, 0.3) is 0 Å². The Bertz CT molecular complexity index is 310. The summed E-state index contributed by atoms with van der Waals surface area (Å²) in [4.78, 5) is 25.5. The van der Waals surface area contributed by atoms with E-state index in [4.69, 9.17) is 19.7 Å². The van der Waals surface area contributed by atoms with Crippen molar-refractivity contribution in [3.05, 3.63) is 0 Å². The quantitative estimate of drug-likeness (QED) is 0.299. The molecule has 0 aromatic rings. The maximum Gasteiger partial charge on any atom is 0.307 e. The highest BCUT2D eigenvalue weighted by Crippen LogP contribution is 2.02. The number of aliphatic hydroxyl groups excluding tert-OH is 2. The number of rotatable bonds is 17. The lowest BCUT2D eigenvalue weighted by atomic mass is 10.2. The Labute approximate surface area is 151 Å². The van der Waals surface area contributed by atoms with Crippen molar-refractivity contribution in [3.63, 3.8) is 0 Å². The molecule has 0 spiro atoms. The number of nitrogens with zero attached hydrogens (tertiary/aromatic N) is 1. The van der Waals surface area contributed by atoms with Crippen LogP contribution in [0.1, 0.15) is 58.3 Å². The van der Waals surface area contributed by atoms with Crippen LogP contribution in [0.25, 0.3) is 0 Å². The third-order valence-electron chi connectivity index (χ3n) is 3.72. The summed E-state index contributed by atoms with van der Waals surface area (Å²) in [6, 6.07) is 0. The zero-order valence-electron chi connectivity index (χ0n) is 15.6. The van der Waals surface area contributed by atoms with Crippen molar-refractivity contribution in [3.8, 4) is 0 Å². The van der Waals surface area contributed by atoms with Gasteiger partial charge in [-0.15, -0.1) is 0 Å². The normalized spacial score (nSPS) is 10.9. The largest absolute Gasteiger partial charge is 0.466 e. The van der Waals surface area contributed by atoms with Crippen LogP contribution < -0.4 is 0 Å². The fraction of sp³-hybridized carbons (Fsp3) is 0.889. The van der Waals surface area contributed by atoms with Gasteiger partial charge in [-0.3, -0.25) is 9.59 Å². The summed E-state index contributed by atoms with van der Waals surface area (Å²) < 4.78 is 10.2. The predicted octanol–water partition coefficient (Wildman–Crippen LogP) is 1.50. The van der Waals surface area contributed by atoms with Crippen molar-refractivity contribution in [2.45, 2.75) is 58.3 Å². The van der Waals surface area contributed by atoms with Gasteiger partial charge in [0.1, 0.15) is 0 Å². The summed E-state index contributed by atoms with van der Waals surface area (Å²) in [5.74, 6) is -0.489. The van der Waals surface area contributed by atoms with Gasteiger partial charge in [-0.05, 0) is 38.6 Å². The second kappa shape index (κ2) is 17.6. The standard InChI is InChI=1S/C18H35NO6/c1-2-3-10-19(11-8-17(22)24-15-6-4-13-20)12-9-18(23)25-16-7-5-14-21/h20-21H,2-16H2,1H3. The fourth-order valence-corrected chi connectivity index (χ4v) is 2.16. The topological polar surface area (TPSA) is 96.3 Å². The van der Waals surface area contributed by atoms with Gasteiger partial charge in [-0.2, -0.15) is 0 Å². The highest BCUT2D eigenvalue weighted by molar-refractivity contribution is 5.70. The van der Waals surface area contributed by atoms with Gasteiger partial charge in [-0.25, -0.2) is 0 Å². The smallest absolute Gasteiger partial charge is 0.307 e. The molecule has 0 aliphatic rings. The summed E-state index contributed by atoms with van der Waals surface area (Å²) in [5, 5.41) is 17.4. The van der Waals surface area contributed by atoms with E-state index in [2.05, 4.69) is 11.8 Å². The molecule has 0 atom stereocenters. The van der Waals surface area contributed by atoms with E-state index in [0.29, 0.717) is 64.8 Å². The van der Waals surface area contributed by atoms with Crippen LogP contribution in [0, 0.1) is 0 Å². The average molecular weight is 361 g/mol. The van der Waals surface area contributed by atoms with Crippen molar-refractivity contribution in [2.75, 3.05) is 46.1 Å². The Morgan fingerprint density at radius 2 is 1.24 bits per heavy atom. The number of esters is 2. The average Bonchev–Trinajstić information content (AvgIpc) is 2.61. The molecule has 0 rings (SSSR count). The van der Waals surface area contributed by atoms with Crippen LogP contribution in [0.2, 0.25) is 0 Å². The predicted molar refractivity (Wildman–Crippen MR) is 95.1 cm³/mol. The zero-order chi connectivity index (χ0) is 18.8. The Morgan fingerprint density at radius 3 is 1.64 bits per heavy atom. The van der Waals surface area contributed by atoms with E-state index in [1.54, 1.807) is 0 Å². The van der Waals surface area contributed by atoms with E-state index in [1.807, 2.05) is 0 Å². The Hall–Kier alpha value is -1.18. The van der Waals surface area contributed by atoms with Crippen molar-refractivity contribution in [1.82, 2.24) is 4.90 Å². The van der Waals surface area contributed by atoms with Gasteiger partial charge in [0.15, 0.2) is 0 Å². The van der Waals surface area contributed by atoms with Crippen molar-refractivity contribution < 1.29 is 29.3 Å². The summed E-state index contributed by atoms with van der Waals surface area (Å²) >= 11 is 0. The molecule has 0 aliphatic heterocycles. The molecule has 0 fully saturated rings. The van der Waals surface area contributed by atoms with E-state index in [0.717, 1.165) is 19.4 Å². The summed E-state index contributed by atoms with van der Waals surface area (Å²) in [6.07, 6.45) is 5.27. The second-order valence-corrected chi connectivity index (χ2v) is 6.00. The van der Waals surface area contributed by atoms with E-state index in [1.165, 1.54) is 0 Å². The third-order valence-corrected chi connectivity index (χ3v) is 3.72. The minimum Gasteiger partial charge on any atom is -0.466 e. The Morgan fingerprint density at radius 1 is 0.760 bits per heavy atom. The zero-order valence-corrected chi connectivity index (χ0v) is 15.6. The molecule has 7 heteroatoms. The molecule has 0 aromatic carbocycles. The van der Waals surface area contributed by atoms with Crippen LogP contribution >= 0.6 is 0 Å². The first-order chi connectivity index (χ1) is 12.1. The van der Waals surface area contributed by atoms with Crippen LogP contribution in [0.15, 0.2) is 0 Å². The molecule has 0 radical (unpaired) electrons. The van der Waals surface area contributed by atoms with Crippen LogP contribution in [0.5, 0.6) is 0 Å². The lowest BCUT2D eigenvalue weighted by Crippen LogP contribution is -2.30. The molecule has 0 aliphatic carbocycles.